The van der Waals surface area contributed by atoms with Crippen molar-refractivity contribution in [2.24, 2.45) is 17.6 Å². The summed E-state index contributed by atoms with van der Waals surface area (Å²) in [5.74, 6) is 2.28. The summed E-state index contributed by atoms with van der Waals surface area (Å²) < 4.78 is 0. The molecule has 3 saturated carbocycles. The van der Waals surface area contributed by atoms with Crippen LogP contribution in [0.3, 0.4) is 0 Å². The van der Waals surface area contributed by atoms with Gasteiger partial charge in [-0.3, -0.25) is 0 Å². The van der Waals surface area contributed by atoms with E-state index in [0.29, 0.717) is 12.0 Å². The number of hydrogen-bond acceptors (Lipinski definition) is 1. The van der Waals surface area contributed by atoms with Gasteiger partial charge in [0.15, 0.2) is 0 Å². The first-order chi connectivity index (χ1) is 7.36. The molecule has 1 aromatic rings. The average molecular weight is 201 g/mol. The van der Waals surface area contributed by atoms with Crippen LogP contribution in [0.25, 0.3) is 0 Å². The molecule has 0 saturated heterocycles. The highest BCUT2D eigenvalue weighted by Gasteiger charge is 2.42. The van der Waals surface area contributed by atoms with Crippen LogP contribution in [0.1, 0.15) is 37.2 Å². The lowest BCUT2D eigenvalue weighted by molar-refractivity contribution is 0.116. The minimum atomic E-state index is 0.417. The van der Waals surface area contributed by atoms with Gasteiger partial charge < -0.3 is 5.73 Å². The molecule has 2 N–H and O–H groups in total. The fourth-order valence-corrected chi connectivity index (χ4v) is 3.67. The molecule has 1 aromatic carbocycles. The Morgan fingerprint density at radius 2 is 1.47 bits per heavy atom. The maximum Gasteiger partial charge on any atom is 0.0139 e. The molecule has 3 aliphatic carbocycles. The molecule has 2 atom stereocenters. The Balaban J connectivity index is 1.92. The highest BCUT2D eigenvalue weighted by Crippen LogP contribution is 2.48. The summed E-state index contributed by atoms with van der Waals surface area (Å²) in [6.07, 6.45) is 5.54. The van der Waals surface area contributed by atoms with E-state index >= 15 is 0 Å². The standard InChI is InChI=1S/C14H19N/c15-14-12-8-6-11(7-9-12)13(14)10-4-2-1-3-5-10/h1-5,11-14H,6-9,15H2. The fraction of sp³-hybridized carbons (Fsp3) is 0.571. The van der Waals surface area contributed by atoms with Crippen LogP contribution >= 0.6 is 0 Å². The van der Waals surface area contributed by atoms with E-state index in [0.717, 1.165) is 11.8 Å². The Labute approximate surface area is 91.7 Å². The average Bonchev–Trinajstić information content (AvgIpc) is 2.31. The van der Waals surface area contributed by atoms with Gasteiger partial charge in [0.05, 0.1) is 0 Å². The number of hydrogen-bond donors (Lipinski definition) is 1. The Bertz CT molecular complexity index is 322. The summed E-state index contributed by atoms with van der Waals surface area (Å²) in [4.78, 5) is 0. The van der Waals surface area contributed by atoms with E-state index in [9.17, 15) is 0 Å². The highest BCUT2D eigenvalue weighted by molar-refractivity contribution is 5.24. The van der Waals surface area contributed by atoms with Crippen LogP contribution in [0.5, 0.6) is 0 Å². The molecule has 0 aromatic heterocycles. The smallest absolute Gasteiger partial charge is 0.0139 e. The lowest BCUT2D eigenvalue weighted by Crippen LogP contribution is -2.47. The van der Waals surface area contributed by atoms with Crippen molar-refractivity contribution in [3.8, 4) is 0 Å². The molecule has 1 nitrogen and oxygen atoms in total. The topological polar surface area (TPSA) is 26.0 Å². The molecule has 0 aliphatic heterocycles. The van der Waals surface area contributed by atoms with Gasteiger partial charge in [-0.2, -0.15) is 0 Å². The third-order valence-electron chi connectivity index (χ3n) is 4.47. The molecular weight excluding hydrogens is 182 g/mol. The first-order valence-corrected chi connectivity index (χ1v) is 6.17. The normalized spacial score (nSPS) is 39.3. The van der Waals surface area contributed by atoms with Gasteiger partial charge in [-0.25, -0.2) is 0 Å². The van der Waals surface area contributed by atoms with Crippen molar-refractivity contribution in [1.82, 2.24) is 0 Å². The minimum absolute atomic E-state index is 0.417. The van der Waals surface area contributed by atoms with Gasteiger partial charge in [0.25, 0.3) is 0 Å². The van der Waals surface area contributed by atoms with E-state index in [1.807, 2.05) is 0 Å². The van der Waals surface area contributed by atoms with E-state index in [2.05, 4.69) is 30.3 Å². The van der Waals surface area contributed by atoms with Crippen LogP contribution in [-0.4, -0.2) is 6.04 Å². The van der Waals surface area contributed by atoms with Crippen LogP contribution < -0.4 is 5.73 Å². The second-order valence-electron chi connectivity index (χ2n) is 5.19. The lowest BCUT2D eigenvalue weighted by atomic mass is 9.60. The van der Waals surface area contributed by atoms with Crippen molar-refractivity contribution in [2.45, 2.75) is 37.6 Å². The monoisotopic (exact) mass is 201 g/mol. The molecule has 80 valence electrons. The first kappa shape index (κ1) is 9.41. The predicted octanol–water partition coefficient (Wildman–Crippen LogP) is 2.92. The molecule has 0 heterocycles. The number of rotatable bonds is 1. The zero-order valence-electron chi connectivity index (χ0n) is 9.10. The van der Waals surface area contributed by atoms with E-state index in [1.54, 1.807) is 0 Å². The largest absolute Gasteiger partial charge is 0.327 e. The molecular formula is C14H19N. The van der Waals surface area contributed by atoms with Crippen molar-refractivity contribution in [3.63, 3.8) is 0 Å². The van der Waals surface area contributed by atoms with Crippen molar-refractivity contribution in [1.29, 1.82) is 0 Å². The van der Waals surface area contributed by atoms with Gasteiger partial charge in [0, 0.05) is 12.0 Å². The summed E-state index contributed by atoms with van der Waals surface area (Å²) in [6.45, 7) is 0. The Hall–Kier alpha value is -0.820. The van der Waals surface area contributed by atoms with E-state index in [4.69, 9.17) is 5.73 Å². The van der Waals surface area contributed by atoms with E-state index < -0.39 is 0 Å². The molecule has 3 aliphatic rings. The van der Waals surface area contributed by atoms with Gasteiger partial charge >= 0.3 is 0 Å². The summed E-state index contributed by atoms with van der Waals surface area (Å²) in [6, 6.07) is 11.3. The van der Waals surface area contributed by atoms with Crippen LogP contribution in [0.15, 0.2) is 30.3 Å². The third-order valence-corrected chi connectivity index (χ3v) is 4.47. The van der Waals surface area contributed by atoms with E-state index in [1.165, 1.54) is 31.2 Å². The summed E-state index contributed by atoms with van der Waals surface area (Å²) in [7, 11) is 0. The summed E-state index contributed by atoms with van der Waals surface area (Å²) in [5, 5.41) is 0. The number of nitrogens with two attached hydrogens (primary N) is 1. The lowest BCUT2D eigenvalue weighted by Gasteiger charge is -2.47. The maximum atomic E-state index is 6.40. The van der Waals surface area contributed by atoms with Crippen molar-refractivity contribution in [2.75, 3.05) is 0 Å². The molecule has 0 spiro atoms. The van der Waals surface area contributed by atoms with Gasteiger partial charge in [-0.05, 0) is 43.1 Å². The molecule has 0 amide bonds. The molecule has 2 unspecified atom stereocenters. The Kier molecular flexibility index (Phi) is 2.28. The van der Waals surface area contributed by atoms with E-state index in [-0.39, 0.29) is 0 Å². The molecule has 0 radical (unpaired) electrons. The van der Waals surface area contributed by atoms with Crippen molar-refractivity contribution >= 4 is 0 Å². The fourth-order valence-electron chi connectivity index (χ4n) is 3.67. The molecule has 4 rings (SSSR count). The molecule has 2 bridgehead atoms. The maximum absolute atomic E-state index is 6.40. The predicted molar refractivity (Wildman–Crippen MR) is 62.6 cm³/mol. The quantitative estimate of drug-likeness (QED) is 0.742. The van der Waals surface area contributed by atoms with Crippen LogP contribution in [0.4, 0.5) is 0 Å². The second-order valence-corrected chi connectivity index (χ2v) is 5.19. The zero-order valence-corrected chi connectivity index (χ0v) is 9.10. The number of benzene rings is 1. The van der Waals surface area contributed by atoms with Crippen LogP contribution in [0.2, 0.25) is 0 Å². The van der Waals surface area contributed by atoms with Gasteiger partial charge in [0.1, 0.15) is 0 Å². The summed E-state index contributed by atoms with van der Waals surface area (Å²) in [5.41, 5.74) is 7.87. The molecule has 15 heavy (non-hydrogen) atoms. The molecule has 1 heteroatoms. The van der Waals surface area contributed by atoms with Crippen molar-refractivity contribution < 1.29 is 0 Å². The Morgan fingerprint density at radius 3 is 2.07 bits per heavy atom. The van der Waals surface area contributed by atoms with Crippen LogP contribution in [-0.2, 0) is 0 Å². The number of fused-ring (bicyclic) bond motifs is 3. The summed E-state index contributed by atoms with van der Waals surface area (Å²) >= 11 is 0. The minimum Gasteiger partial charge on any atom is -0.327 e. The molecule has 3 fully saturated rings. The first-order valence-electron chi connectivity index (χ1n) is 6.17. The Morgan fingerprint density at radius 1 is 0.867 bits per heavy atom. The second kappa shape index (κ2) is 3.64. The zero-order chi connectivity index (χ0) is 10.3. The van der Waals surface area contributed by atoms with Crippen molar-refractivity contribution in [3.05, 3.63) is 35.9 Å². The van der Waals surface area contributed by atoms with Gasteiger partial charge in [0.2, 0.25) is 0 Å². The SMILES string of the molecule is NC1C2CCC(CC2)C1c1ccccc1. The third kappa shape index (κ3) is 1.50. The highest BCUT2D eigenvalue weighted by atomic mass is 14.7. The van der Waals surface area contributed by atoms with Gasteiger partial charge in [-0.1, -0.05) is 30.3 Å². The van der Waals surface area contributed by atoms with Crippen LogP contribution in [0, 0.1) is 11.8 Å². The van der Waals surface area contributed by atoms with Gasteiger partial charge in [-0.15, -0.1) is 0 Å².